The molecular weight excluding hydrogens is 140 g/mol. The molecule has 0 N–H and O–H groups in total. The molecule has 0 aromatic rings. The molecule has 0 unspecified atom stereocenters. The van der Waals surface area contributed by atoms with Crippen LogP contribution in [0.1, 0.15) is 27.2 Å². The van der Waals surface area contributed by atoms with Crippen LogP contribution in [0.2, 0.25) is 0 Å². The molecular formula is C9H14O2. The number of rotatable bonds is 0. The van der Waals surface area contributed by atoms with Gasteiger partial charge in [-0.2, -0.15) is 0 Å². The van der Waals surface area contributed by atoms with Crippen molar-refractivity contribution in [3.8, 4) is 12.3 Å². The normalized spacial score (nSPS) is 36.2. The zero-order chi connectivity index (χ0) is 8.48. The van der Waals surface area contributed by atoms with E-state index in [0.29, 0.717) is 0 Å². The van der Waals surface area contributed by atoms with Crippen molar-refractivity contribution in [1.29, 1.82) is 0 Å². The molecule has 1 fully saturated rings. The lowest BCUT2D eigenvalue weighted by Crippen LogP contribution is -2.42. The molecule has 0 amide bonds. The van der Waals surface area contributed by atoms with Gasteiger partial charge in [-0.3, -0.25) is 0 Å². The zero-order valence-corrected chi connectivity index (χ0v) is 7.26. The third-order valence-electron chi connectivity index (χ3n) is 1.64. The van der Waals surface area contributed by atoms with E-state index >= 15 is 0 Å². The van der Waals surface area contributed by atoms with Gasteiger partial charge in [-0.1, -0.05) is 5.92 Å². The highest BCUT2D eigenvalue weighted by Crippen LogP contribution is 2.25. The molecule has 2 heteroatoms. The van der Waals surface area contributed by atoms with Gasteiger partial charge in [0.15, 0.2) is 5.79 Å². The zero-order valence-electron chi connectivity index (χ0n) is 7.26. The molecule has 11 heavy (non-hydrogen) atoms. The second-order valence-electron chi connectivity index (χ2n) is 3.34. The van der Waals surface area contributed by atoms with Gasteiger partial charge in [-0.25, -0.2) is 0 Å². The van der Waals surface area contributed by atoms with E-state index in [1.807, 2.05) is 20.8 Å². The summed E-state index contributed by atoms with van der Waals surface area (Å²) in [6, 6.07) is 0. The fourth-order valence-corrected chi connectivity index (χ4v) is 1.35. The van der Waals surface area contributed by atoms with E-state index in [4.69, 9.17) is 15.9 Å². The fraction of sp³-hybridized carbons (Fsp3) is 0.778. The van der Waals surface area contributed by atoms with Gasteiger partial charge in [0, 0.05) is 6.42 Å². The minimum atomic E-state index is -0.519. The molecule has 1 aliphatic heterocycles. The molecule has 1 heterocycles. The Kier molecular flexibility index (Phi) is 2.22. The van der Waals surface area contributed by atoms with Crippen molar-refractivity contribution in [3.63, 3.8) is 0 Å². The topological polar surface area (TPSA) is 18.5 Å². The van der Waals surface area contributed by atoms with Crippen molar-refractivity contribution < 1.29 is 9.47 Å². The minimum Gasteiger partial charge on any atom is -0.347 e. The quantitative estimate of drug-likeness (QED) is 0.493. The summed E-state index contributed by atoms with van der Waals surface area (Å²) in [6.07, 6.45) is 6.15. The highest BCUT2D eigenvalue weighted by molar-refractivity contribution is 4.97. The van der Waals surface area contributed by atoms with Crippen molar-refractivity contribution in [3.05, 3.63) is 0 Å². The fourth-order valence-electron chi connectivity index (χ4n) is 1.35. The standard InChI is InChI=1S/C9H14O2/c1-5-8-6-7(2)10-9(3,4)11-8/h1,7-8H,6H2,2-4H3/t7-,8-/m0/s1. The maximum atomic E-state index is 5.49. The average Bonchev–Trinajstić information content (AvgIpc) is 1.83. The van der Waals surface area contributed by atoms with Gasteiger partial charge in [0.2, 0.25) is 0 Å². The van der Waals surface area contributed by atoms with E-state index in [2.05, 4.69) is 5.92 Å². The molecule has 0 aromatic heterocycles. The molecule has 0 aromatic carbocycles. The van der Waals surface area contributed by atoms with Crippen LogP contribution in [0.25, 0.3) is 0 Å². The lowest BCUT2D eigenvalue weighted by atomic mass is 10.1. The summed E-state index contributed by atoms with van der Waals surface area (Å²) in [5.74, 6) is 2.07. The Bertz CT molecular complexity index is 178. The Balaban J connectivity index is 2.60. The highest BCUT2D eigenvalue weighted by atomic mass is 16.7. The second kappa shape index (κ2) is 2.84. The minimum absolute atomic E-state index is 0.0891. The van der Waals surface area contributed by atoms with E-state index in [9.17, 15) is 0 Å². The van der Waals surface area contributed by atoms with E-state index in [0.717, 1.165) is 6.42 Å². The smallest absolute Gasteiger partial charge is 0.164 e. The van der Waals surface area contributed by atoms with Crippen molar-refractivity contribution in [2.24, 2.45) is 0 Å². The van der Waals surface area contributed by atoms with Crippen LogP contribution in [0, 0.1) is 12.3 Å². The Morgan fingerprint density at radius 1 is 1.45 bits per heavy atom. The van der Waals surface area contributed by atoms with Crippen LogP contribution < -0.4 is 0 Å². The maximum absolute atomic E-state index is 5.49. The summed E-state index contributed by atoms with van der Waals surface area (Å²) in [5, 5.41) is 0. The molecule has 62 valence electrons. The molecule has 0 bridgehead atoms. The summed E-state index contributed by atoms with van der Waals surface area (Å²) >= 11 is 0. The Hall–Kier alpha value is -0.520. The van der Waals surface area contributed by atoms with Crippen molar-refractivity contribution >= 4 is 0 Å². The van der Waals surface area contributed by atoms with Gasteiger partial charge in [-0.05, 0) is 20.8 Å². The number of ether oxygens (including phenoxy) is 2. The number of hydrogen-bond donors (Lipinski definition) is 0. The molecule has 1 saturated heterocycles. The van der Waals surface area contributed by atoms with Crippen LogP contribution in [-0.2, 0) is 9.47 Å². The van der Waals surface area contributed by atoms with Crippen LogP contribution in [0.15, 0.2) is 0 Å². The van der Waals surface area contributed by atoms with Crippen LogP contribution in [0.4, 0.5) is 0 Å². The highest BCUT2D eigenvalue weighted by Gasteiger charge is 2.32. The second-order valence-corrected chi connectivity index (χ2v) is 3.34. The third kappa shape index (κ3) is 2.21. The lowest BCUT2D eigenvalue weighted by molar-refractivity contribution is -0.284. The summed E-state index contributed by atoms with van der Waals surface area (Å²) < 4.78 is 10.9. The van der Waals surface area contributed by atoms with Crippen molar-refractivity contribution in [2.75, 3.05) is 0 Å². The van der Waals surface area contributed by atoms with Gasteiger partial charge < -0.3 is 9.47 Å². The monoisotopic (exact) mass is 154 g/mol. The first-order valence-electron chi connectivity index (χ1n) is 3.85. The maximum Gasteiger partial charge on any atom is 0.164 e. The molecule has 1 aliphatic rings. The Labute approximate surface area is 67.9 Å². The number of hydrogen-bond acceptors (Lipinski definition) is 2. The van der Waals surface area contributed by atoms with Gasteiger partial charge >= 0.3 is 0 Å². The summed E-state index contributed by atoms with van der Waals surface area (Å²) in [5.41, 5.74) is 0. The van der Waals surface area contributed by atoms with Crippen LogP contribution in [0.3, 0.4) is 0 Å². The van der Waals surface area contributed by atoms with Crippen LogP contribution >= 0.6 is 0 Å². The van der Waals surface area contributed by atoms with Crippen molar-refractivity contribution in [1.82, 2.24) is 0 Å². The average molecular weight is 154 g/mol. The number of terminal acetylenes is 1. The summed E-state index contributed by atoms with van der Waals surface area (Å²) in [4.78, 5) is 0. The van der Waals surface area contributed by atoms with Gasteiger partial charge in [0.25, 0.3) is 0 Å². The molecule has 0 aliphatic carbocycles. The van der Waals surface area contributed by atoms with E-state index in [-0.39, 0.29) is 12.2 Å². The predicted octanol–water partition coefficient (Wildman–Crippen LogP) is 1.55. The molecule has 2 nitrogen and oxygen atoms in total. The van der Waals surface area contributed by atoms with Crippen LogP contribution in [-0.4, -0.2) is 18.0 Å². The van der Waals surface area contributed by atoms with Gasteiger partial charge in [0.05, 0.1) is 6.10 Å². The summed E-state index contributed by atoms with van der Waals surface area (Å²) in [6.45, 7) is 5.77. The van der Waals surface area contributed by atoms with Gasteiger partial charge in [-0.15, -0.1) is 6.42 Å². The van der Waals surface area contributed by atoms with E-state index in [1.54, 1.807) is 0 Å². The first kappa shape index (κ1) is 8.58. The Morgan fingerprint density at radius 3 is 2.55 bits per heavy atom. The first-order chi connectivity index (χ1) is 5.03. The predicted molar refractivity (Wildman–Crippen MR) is 42.9 cm³/mol. The van der Waals surface area contributed by atoms with Crippen molar-refractivity contribution in [2.45, 2.75) is 45.2 Å². The van der Waals surface area contributed by atoms with Crippen LogP contribution in [0.5, 0.6) is 0 Å². The van der Waals surface area contributed by atoms with Gasteiger partial charge in [0.1, 0.15) is 6.10 Å². The summed E-state index contributed by atoms with van der Waals surface area (Å²) in [7, 11) is 0. The molecule has 0 saturated carbocycles. The molecule has 0 radical (unpaired) electrons. The SMILES string of the molecule is C#C[C@H]1C[C@H](C)OC(C)(C)O1. The van der Waals surface area contributed by atoms with E-state index < -0.39 is 5.79 Å². The molecule has 1 rings (SSSR count). The largest absolute Gasteiger partial charge is 0.347 e. The van der Waals surface area contributed by atoms with E-state index in [1.165, 1.54) is 0 Å². The first-order valence-corrected chi connectivity index (χ1v) is 3.85. The Morgan fingerprint density at radius 2 is 2.09 bits per heavy atom. The lowest BCUT2D eigenvalue weighted by Gasteiger charge is -2.37. The molecule has 2 atom stereocenters. The molecule has 0 spiro atoms. The third-order valence-corrected chi connectivity index (χ3v) is 1.64.